The Morgan fingerprint density at radius 1 is 1.35 bits per heavy atom. The van der Waals surface area contributed by atoms with Crippen LogP contribution in [0.2, 0.25) is 0 Å². The number of aromatic carboxylic acids is 1. The topological polar surface area (TPSA) is 79.1 Å². The molecule has 0 radical (unpaired) electrons. The Labute approximate surface area is 95.7 Å². The molecule has 0 aliphatic heterocycles. The fourth-order valence-corrected chi connectivity index (χ4v) is 1.86. The largest absolute Gasteiger partial charge is 0.477 e. The summed E-state index contributed by atoms with van der Waals surface area (Å²) in [5.74, 6) is -0.782. The molecule has 0 aliphatic carbocycles. The Morgan fingerprint density at radius 2 is 2.24 bits per heavy atom. The standard InChI is InChI=1S/C12H8N2O3/c15-12(16)9-6-14-17-11(9)8-3-1-2-7-4-5-13-10(7)8/h1-6,13H,(H,15,16). The van der Waals surface area contributed by atoms with Crippen molar-refractivity contribution in [3.63, 3.8) is 0 Å². The zero-order chi connectivity index (χ0) is 11.8. The van der Waals surface area contributed by atoms with Crippen LogP contribution in [0.25, 0.3) is 22.2 Å². The zero-order valence-electron chi connectivity index (χ0n) is 8.68. The van der Waals surface area contributed by atoms with Gasteiger partial charge in [-0.3, -0.25) is 0 Å². The van der Waals surface area contributed by atoms with E-state index in [0.717, 1.165) is 10.9 Å². The van der Waals surface area contributed by atoms with Crippen molar-refractivity contribution >= 4 is 16.9 Å². The molecule has 0 unspecified atom stereocenters. The quantitative estimate of drug-likeness (QED) is 0.706. The average molecular weight is 228 g/mol. The minimum atomic E-state index is -1.05. The van der Waals surface area contributed by atoms with E-state index in [9.17, 15) is 4.79 Å². The van der Waals surface area contributed by atoms with Crippen LogP contribution in [0, 0.1) is 0 Å². The van der Waals surface area contributed by atoms with Gasteiger partial charge in [0.1, 0.15) is 5.56 Å². The van der Waals surface area contributed by atoms with Crippen LogP contribution in [0.3, 0.4) is 0 Å². The molecule has 1 aromatic carbocycles. The molecule has 0 fully saturated rings. The number of aromatic nitrogens is 2. The molecule has 5 nitrogen and oxygen atoms in total. The second-order valence-corrected chi connectivity index (χ2v) is 3.62. The molecule has 0 amide bonds. The number of aromatic amines is 1. The van der Waals surface area contributed by atoms with Gasteiger partial charge in [0.05, 0.1) is 11.7 Å². The van der Waals surface area contributed by atoms with Crippen LogP contribution in [0.4, 0.5) is 0 Å². The van der Waals surface area contributed by atoms with Gasteiger partial charge in [0.2, 0.25) is 0 Å². The number of H-pyrrole nitrogens is 1. The van der Waals surface area contributed by atoms with Gasteiger partial charge in [-0.15, -0.1) is 0 Å². The molecule has 2 aromatic heterocycles. The molecule has 0 bridgehead atoms. The van der Waals surface area contributed by atoms with Gasteiger partial charge >= 0.3 is 5.97 Å². The van der Waals surface area contributed by atoms with E-state index in [2.05, 4.69) is 10.1 Å². The van der Waals surface area contributed by atoms with Crippen molar-refractivity contribution in [2.75, 3.05) is 0 Å². The Kier molecular flexibility index (Phi) is 1.98. The molecule has 0 aliphatic rings. The molecular formula is C12H8N2O3. The molecule has 2 N–H and O–H groups in total. The predicted molar refractivity (Wildman–Crippen MR) is 60.8 cm³/mol. The average Bonchev–Trinajstić information content (AvgIpc) is 2.97. The summed E-state index contributed by atoms with van der Waals surface area (Å²) in [7, 11) is 0. The van der Waals surface area contributed by atoms with Gasteiger partial charge in [-0.2, -0.15) is 0 Å². The van der Waals surface area contributed by atoms with Crippen LogP contribution in [0.15, 0.2) is 41.2 Å². The van der Waals surface area contributed by atoms with Crippen LogP contribution in [0.1, 0.15) is 10.4 Å². The molecule has 0 atom stereocenters. The van der Waals surface area contributed by atoms with Crippen molar-refractivity contribution in [1.82, 2.24) is 10.1 Å². The Bertz CT molecular complexity index is 696. The molecule has 0 saturated carbocycles. The number of carboxylic acids is 1. The summed E-state index contributed by atoms with van der Waals surface area (Å²) < 4.78 is 5.04. The van der Waals surface area contributed by atoms with Crippen LogP contribution in [0.5, 0.6) is 0 Å². The third-order valence-electron chi connectivity index (χ3n) is 2.63. The fourth-order valence-electron chi connectivity index (χ4n) is 1.86. The second-order valence-electron chi connectivity index (χ2n) is 3.62. The van der Waals surface area contributed by atoms with E-state index >= 15 is 0 Å². The number of rotatable bonds is 2. The van der Waals surface area contributed by atoms with Gasteiger partial charge in [0.15, 0.2) is 5.76 Å². The van der Waals surface area contributed by atoms with E-state index in [4.69, 9.17) is 9.63 Å². The first-order chi connectivity index (χ1) is 8.27. The maximum Gasteiger partial charge on any atom is 0.341 e. The Balaban J connectivity index is 2.30. The maximum absolute atomic E-state index is 11.0. The zero-order valence-corrected chi connectivity index (χ0v) is 8.68. The highest BCUT2D eigenvalue weighted by Gasteiger charge is 2.18. The summed E-state index contributed by atoms with van der Waals surface area (Å²) in [6, 6.07) is 7.49. The molecular weight excluding hydrogens is 220 g/mol. The Morgan fingerprint density at radius 3 is 3.06 bits per heavy atom. The van der Waals surface area contributed by atoms with Crippen molar-refractivity contribution in [3.05, 3.63) is 42.2 Å². The highest BCUT2D eigenvalue weighted by atomic mass is 16.5. The van der Waals surface area contributed by atoms with Crippen molar-refractivity contribution < 1.29 is 14.4 Å². The summed E-state index contributed by atoms with van der Waals surface area (Å²) in [6.45, 7) is 0. The normalized spacial score (nSPS) is 10.8. The lowest BCUT2D eigenvalue weighted by Crippen LogP contribution is -1.96. The van der Waals surface area contributed by atoms with Crippen molar-refractivity contribution in [1.29, 1.82) is 0 Å². The molecule has 3 rings (SSSR count). The first kappa shape index (κ1) is 9.65. The molecule has 5 heteroatoms. The van der Waals surface area contributed by atoms with Gasteiger partial charge in [-0.05, 0) is 12.1 Å². The van der Waals surface area contributed by atoms with E-state index in [-0.39, 0.29) is 11.3 Å². The number of fused-ring (bicyclic) bond motifs is 1. The highest BCUT2D eigenvalue weighted by Crippen LogP contribution is 2.29. The SMILES string of the molecule is O=C(O)c1cnoc1-c1cccc2cc[nH]c12. The number of benzene rings is 1. The number of hydrogen-bond acceptors (Lipinski definition) is 3. The van der Waals surface area contributed by atoms with Crippen molar-refractivity contribution in [3.8, 4) is 11.3 Å². The minimum absolute atomic E-state index is 0.0621. The maximum atomic E-state index is 11.0. The van der Waals surface area contributed by atoms with Gasteiger partial charge < -0.3 is 14.6 Å². The number of hydrogen-bond donors (Lipinski definition) is 2. The summed E-state index contributed by atoms with van der Waals surface area (Å²) in [4.78, 5) is 14.1. The van der Waals surface area contributed by atoms with Gasteiger partial charge in [-0.1, -0.05) is 17.3 Å². The van der Waals surface area contributed by atoms with E-state index in [1.54, 1.807) is 12.3 Å². The van der Waals surface area contributed by atoms with Crippen LogP contribution < -0.4 is 0 Å². The molecule has 2 heterocycles. The van der Waals surface area contributed by atoms with E-state index in [0.29, 0.717) is 5.56 Å². The lowest BCUT2D eigenvalue weighted by molar-refractivity contribution is 0.0697. The summed E-state index contributed by atoms with van der Waals surface area (Å²) in [5, 5.41) is 13.6. The fraction of sp³-hybridized carbons (Fsp3) is 0. The van der Waals surface area contributed by atoms with Crippen molar-refractivity contribution in [2.24, 2.45) is 0 Å². The van der Waals surface area contributed by atoms with Gasteiger partial charge in [0, 0.05) is 17.1 Å². The molecule has 0 spiro atoms. The first-order valence-corrected chi connectivity index (χ1v) is 5.02. The smallest absolute Gasteiger partial charge is 0.341 e. The highest BCUT2D eigenvalue weighted by molar-refractivity contribution is 6.00. The third kappa shape index (κ3) is 1.40. The van der Waals surface area contributed by atoms with Gasteiger partial charge in [-0.25, -0.2) is 4.79 Å². The van der Waals surface area contributed by atoms with Gasteiger partial charge in [0.25, 0.3) is 0 Å². The van der Waals surface area contributed by atoms with Crippen LogP contribution in [-0.2, 0) is 0 Å². The lowest BCUT2D eigenvalue weighted by Gasteiger charge is -2.00. The monoisotopic (exact) mass is 228 g/mol. The lowest BCUT2D eigenvalue weighted by atomic mass is 10.1. The minimum Gasteiger partial charge on any atom is -0.477 e. The van der Waals surface area contributed by atoms with E-state index in [1.165, 1.54) is 6.20 Å². The molecule has 84 valence electrons. The summed E-state index contributed by atoms with van der Waals surface area (Å²) >= 11 is 0. The number of carboxylic acid groups (broad SMARTS) is 1. The number of carbonyl (C=O) groups is 1. The van der Waals surface area contributed by atoms with Crippen molar-refractivity contribution in [2.45, 2.75) is 0 Å². The number of nitrogens with one attached hydrogen (secondary N) is 1. The predicted octanol–water partition coefficient (Wildman–Crippen LogP) is 2.52. The second kappa shape index (κ2) is 3.48. The summed E-state index contributed by atoms with van der Waals surface area (Å²) in [6.07, 6.45) is 3.00. The summed E-state index contributed by atoms with van der Waals surface area (Å²) in [5.41, 5.74) is 1.60. The molecule has 17 heavy (non-hydrogen) atoms. The molecule has 0 saturated heterocycles. The van der Waals surface area contributed by atoms with E-state index in [1.807, 2.05) is 18.2 Å². The Hall–Kier alpha value is -2.56. The van der Waals surface area contributed by atoms with E-state index < -0.39 is 5.97 Å². The number of nitrogens with zero attached hydrogens (tertiary/aromatic N) is 1. The first-order valence-electron chi connectivity index (χ1n) is 5.02. The van der Waals surface area contributed by atoms with Crippen LogP contribution in [-0.4, -0.2) is 21.2 Å². The van der Waals surface area contributed by atoms with Crippen LogP contribution >= 0.6 is 0 Å². The molecule has 3 aromatic rings. The number of para-hydroxylation sites is 1. The third-order valence-corrected chi connectivity index (χ3v) is 2.63.